The fraction of sp³-hybridized carbons (Fsp3) is 0.278. The molecule has 1 N–H and O–H groups in total. The average molecular weight is 411 g/mol. The molecule has 0 saturated heterocycles. The van der Waals surface area contributed by atoms with Gasteiger partial charge >= 0.3 is 0 Å². The summed E-state index contributed by atoms with van der Waals surface area (Å²) in [4.78, 5) is 12.3. The maximum Gasteiger partial charge on any atom is 0.240 e. The first-order chi connectivity index (χ1) is 12.8. The number of halogens is 1. The zero-order valence-corrected chi connectivity index (χ0v) is 16.2. The van der Waals surface area contributed by atoms with Crippen LogP contribution in [0, 0.1) is 0 Å². The number of hydrogen-bond acceptors (Lipinski definition) is 5. The molecule has 0 aromatic heterocycles. The highest BCUT2D eigenvalue weighted by molar-refractivity contribution is 7.92. The second kappa shape index (κ2) is 8.06. The van der Waals surface area contributed by atoms with E-state index >= 15 is 0 Å². The van der Waals surface area contributed by atoms with E-state index in [0.29, 0.717) is 11.5 Å². The van der Waals surface area contributed by atoms with E-state index in [1.807, 2.05) is 12.1 Å². The van der Waals surface area contributed by atoms with E-state index in [-0.39, 0.29) is 36.5 Å². The molecule has 1 aliphatic rings. The maximum atomic E-state index is 12.3. The molecule has 9 heteroatoms. The lowest BCUT2D eigenvalue weighted by Crippen LogP contribution is -2.45. The van der Waals surface area contributed by atoms with Crippen LogP contribution in [0.1, 0.15) is 0 Å². The van der Waals surface area contributed by atoms with Crippen molar-refractivity contribution in [1.29, 1.82) is 0 Å². The van der Waals surface area contributed by atoms with Crippen LogP contribution in [0.3, 0.4) is 0 Å². The summed E-state index contributed by atoms with van der Waals surface area (Å²) >= 11 is 6.08. The number of benzene rings is 2. The number of fused-ring (bicyclic) bond motifs is 1. The van der Waals surface area contributed by atoms with Crippen LogP contribution in [0.2, 0.25) is 5.02 Å². The molecular formula is C18H19ClN2O5S. The Kier molecular flexibility index (Phi) is 5.76. The summed E-state index contributed by atoms with van der Waals surface area (Å²) in [5.41, 5.74) is 0.253. The van der Waals surface area contributed by atoms with Crippen molar-refractivity contribution in [2.45, 2.75) is 6.10 Å². The van der Waals surface area contributed by atoms with Gasteiger partial charge in [-0.3, -0.25) is 9.10 Å². The topological polar surface area (TPSA) is 84.9 Å². The van der Waals surface area contributed by atoms with E-state index in [0.717, 1.165) is 10.6 Å². The predicted molar refractivity (Wildman–Crippen MR) is 103 cm³/mol. The number of amides is 1. The van der Waals surface area contributed by atoms with Gasteiger partial charge in [0.05, 0.1) is 23.5 Å². The van der Waals surface area contributed by atoms with E-state index in [9.17, 15) is 13.2 Å². The molecule has 27 heavy (non-hydrogen) atoms. The Morgan fingerprint density at radius 2 is 1.85 bits per heavy atom. The number of carbonyl (C=O) groups excluding carboxylic acids is 1. The van der Waals surface area contributed by atoms with Crippen LogP contribution >= 0.6 is 11.6 Å². The van der Waals surface area contributed by atoms with Gasteiger partial charge in [0, 0.05) is 0 Å². The number of nitrogens with one attached hydrogen (secondary N) is 1. The van der Waals surface area contributed by atoms with E-state index in [4.69, 9.17) is 21.1 Å². The van der Waals surface area contributed by atoms with Crippen LogP contribution < -0.4 is 19.1 Å². The highest BCUT2D eigenvalue weighted by Gasteiger charge is 2.25. The Labute approximate surface area is 162 Å². The number of carbonyl (C=O) groups is 1. The molecule has 0 saturated carbocycles. The molecule has 7 nitrogen and oxygen atoms in total. The molecule has 1 amide bonds. The number of anilines is 1. The Morgan fingerprint density at radius 3 is 2.56 bits per heavy atom. The van der Waals surface area contributed by atoms with Crippen molar-refractivity contribution >= 4 is 33.2 Å². The van der Waals surface area contributed by atoms with Crippen LogP contribution in [0.4, 0.5) is 5.69 Å². The third kappa shape index (κ3) is 4.84. The first-order valence-electron chi connectivity index (χ1n) is 8.22. The summed E-state index contributed by atoms with van der Waals surface area (Å²) < 4.78 is 36.5. The Bertz CT molecular complexity index is 935. The second-order valence-electron chi connectivity index (χ2n) is 6.02. The highest BCUT2D eigenvalue weighted by Crippen LogP contribution is 2.30. The molecule has 3 rings (SSSR count). The first-order valence-corrected chi connectivity index (χ1v) is 10.4. The van der Waals surface area contributed by atoms with Crippen molar-refractivity contribution in [3.63, 3.8) is 0 Å². The van der Waals surface area contributed by atoms with Gasteiger partial charge in [0.15, 0.2) is 11.5 Å². The van der Waals surface area contributed by atoms with Gasteiger partial charge in [-0.05, 0) is 24.3 Å². The molecule has 0 radical (unpaired) electrons. The molecule has 1 unspecified atom stereocenters. The third-order valence-corrected chi connectivity index (χ3v) is 5.35. The molecule has 0 spiro atoms. The second-order valence-corrected chi connectivity index (χ2v) is 8.34. The normalized spacial score (nSPS) is 15.9. The fourth-order valence-corrected chi connectivity index (χ4v) is 3.77. The molecule has 2 aromatic carbocycles. The van der Waals surface area contributed by atoms with E-state index < -0.39 is 15.9 Å². The predicted octanol–water partition coefficient (Wildman–Crippen LogP) is 2.06. The zero-order chi connectivity index (χ0) is 19.4. The van der Waals surface area contributed by atoms with Crippen molar-refractivity contribution < 1.29 is 22.7 Å². The Balaban J connectivity index is 1.62. The Hall–Kier alpha value is -2.45. The molecule has 0 bridgehead atoms. The van der Waals surface area contributed by atoms with Gasteiger partial charge in [-0.25, -0.2) is 8.42 Å². The van der Waals surface area contributed by atoms with Gasteiger partial charge < -0.3 is 14.8 Å². The number of rotatable bonds is 6. The van der Waals surface area contributed by atoms with Gasteiger partial charge in [-0.15, -0.1) is 0 Å². The van der Waals surface area contributed by atoms with Gasteiger partial charge in [0.1, 0.15) is 19.3 Å². The van der Waals surface area contributed by atoms with Crippen LogP contribution in [-0.2, 0) is 14.8 Å². The number of hydrogen-bond donors (Lipinski definition) is 1. The van der Waals surface area contributed by atoms with E-state index in [1.54, 1.807) is 36.4 Å². The van der Waals surface area contributed by atoms with Crippen molar-refractivity contribution in [2.24, 2.45) is 0 Å². The highest BCUT2D eigenvalue weighted by atomic mass is 35.5. The first kappa shape index (κ1) is 19.3. The van der Waals surface area contributed by atoms with Crippen molar-refractivity contribution in [1.82, 2.24) is 5.32 Å². The maximum absolute atomic E-state index is 12.3. The molecule has 0 fully saturated rings. The fourth-order valence-electron chi connectivity index (χ4n) is 2.61. The summed E-state index contributed by atoms with van der Waals surface area (Å²) in [6.07, 6.45) is 0.661. The monoisotopic (exact) mass is 410 g/mol. The minimum absolute atomic E-state index is 0.188. The molecule has 1 heterocycles. The standard InChI is InChI=1S/C18H19ClN2O5S/c1-27(23,24)21(15-7-3-2-6-14(15)19)11-18(22)20-10-13-12-25-16-8-4-5-9-17(16)26-13/h2-9,13H,10-12H2,1H3,(H,20,22). The third-order valence-electron chi connectivity index (χ3n) is 3.90. The van der Waals surface area contributed by atoms with Crippen molar-refractivity contribution in [3.8, 4) is 11.5 Å². The summed E-state index contributed by atoms with van der Waals surface area (Å²) in [5, 5.41) is 2.93. The number of sulfonamides is 1. The van der Waals surface area contributed by atoms with Gasteiger partial charge in [0.25, 0.3) is 0 Å². The quantitative estimate of drug-likeness (QED) is 0.787. The average Bonchev–Trinajstić information content (AvgIpc) is 2.64. The summed E-state index contributed by atoms with van der Waals surface area (Å²) in [6.45, 7) is 0.0949. The molecule has 144 valence electrons. The van der Waals surface area contributed by atoms with Crippen LogP contribution in [-0.4, -0.2) is 46.4 Å². The smallest absolute Gasteiger partial charge is 0.240 e. The molecule has 2 aromatic rings. The van der Waals surface area contributed by atoms with Crippen LogP contribution in [0.25, 0.3) is 0 Å². The molecule has 1 atom stereocenters. The number of nitrogens with zero attached hydrogens (tertiary/aromatic N) is 1. The van der Waals surface area contributed by atoms with Crippen LogP contribution in [0.15, 0.2) is 48.5 Å². The van der Waals surface area contributed by atoms with Crippen molar-refractivity contribution in [3.05, 3.63) is 53.6 Å². The molecule has 0 aliphatic carbocycles. The van der Waals surface area contributed by atoms with Crippen molar-refractivity contribution in [2.75, 3.05) is 30.3 Å². The summed E-state index contributed by atoms with van der Waals surface area (Å²) in [6, 6.07) is 13.7. The zero-order valence-electron chi connectivity index (χ0n) is 14.6. The molecular weight excluding hydrogens is 392 g/mol. The van der Waals surface area contributed by atoms with Gasteiger partial charge in [-0.1, -0.05) is 35.9 Å². The largest absolute Gasteiger partial charge is 0.486 e. The lowest BCUT2D eigenvalue weighted by molar-refractivity contribution is -0.120. The Morgan fingerprint density at radius 1 is 1.19 bits per heavy atom. The summed E-state index contributed by atoms with van der Waals surface area (Å²) in [5.74, 6) is 0.793. The van der Waals surface area contributed by atoms with E-state index in [2.05, 4.69) is 5.32 Å². The lowest BCUT2D eigenvalue weighted by atomic mass is 10.2. The number of para-hydroxylation sites is 3. The lowest BCUT2D eigenvalue weighted by Gasteiger charge is -2.27. The summed E-state index contributed by atoms with van der Waals surface area (Å²) in [7, 11) is -3.69. The minimum Gasteiger partial charge on any atom is -0.486 e. The molecule has 1 aliphatic heterocycles. The van der Waals surface area contributed by atoms with Gasteiger partial charge in [-0.2, -0.15) is 0 Å². The van der Waals surface area contributed by atoms with Gasteiger partial charge in [0.2, 0.25) is 15.9 Å². The SMILES string of the molecule is CS(=O)(=O)N(CC(=O)NCC1COc2ccccc2O1)c1ccccc1Cl. The minimum atomic E-state index is -3.69. The number of ether oxygens (including phenoxy) is 2. The van der Waals surface area contributed by atoms with E-state index in [1.165, 1.54) is 0 Å². The van der Waals surface area contributed by atoms with Crippen LogP contribution in [0.5, 0.6) is 11.5 Å².